The fourth-order valence-electron chi connectivity index (χ4n) is 2.31. The minimum absolute atomic E-state index is 0.0501. The molecule has 1 atom stereocenters. The number of aliphatic carboxylic acids is 1. The maximum Gasteiger partial charge on any atom is 0.333 e. The molecule has 0 fully saturated rings. The molecule has 0 spiro atoms. The number of carboxylic acid groups (broad SMARTS) is 1. The lowest BCUT2D eigenvalue weighted by Crippen LogP contribution is -2.36. The molecule has 0 radical (unpaired) electrons. The Hall–Kier alpha value is -2.12. The molecule has 1 aromatic heterocycles. The summed E-state index contributed by atoms with van der Waals surface area (Å²) in [6.45, 7) is 7.97. The van der Waals surface area contributed by atoms with E-state index in [1.165, 1.54) is 0 Å². The molecular weight excluding hydrogens is 264 g/mol. The van der Waals surface area contributed by atoms with Gasteiger partial charge in [-0.2, -0.15) is 5.10 Å². The van der Waals surface area contributed by atoms with Crippen LogP contribution in [0.5, 0.6) is 0 Å². The summed E-state index contributed by atoms with van der Waals surface area (Å²) in [4.78, 5) is 23.4. The van der Waals surface area contributed by atoms with Gasteiger partial charge in [-0.1, -0.05) is 0 Å². The van der Waals surface area contributed by atoms with Crippen molar-refractivity contribution in [2.24, 2.45) is 0 Å². The van der Waals surface area contributed by atoms with Crippen LogP contribution in [0, 0.1) is 17.0 Å². The number of anilines is 1. The lowest BCUT2D eigenvalue weighted by molar-refractivity contribution is -0.384. The van der Waals surface area contributed by atoms with Crippen molar-refractivity contribution in [2.45, 2.75) is 46.7 Å². The van der Waals surface area contributed by atoms with Gasteiger partial charge in [-0.05, 0) is 27.7 Å². The Balaban J connectivity index is 3.32. The molecule has 1 unspecified atom stereocenters. The fourth-order valence-corrected chi connectivity index (χ4v) is 2.31. The first-order chi connectivity index (χ1) is 9.33. The summed E-state index contributed by atoms with van der Waals surface area (Å²) < 4.78 is 1.55. The van der Waals surface area contributed by atoms with E-state index in [9.17, 15) is 14.9 Å². The second kappa shape index (κ2) is 6.36. The summed E-state index contributed by atoms with van der Waals surface area (Å²) in [7, 11) is 0. The van der Waals surface area contributed by atoms with Crippen molar-refractivity contribution in [3.63, 3.8) is 0 Å². The van der Waals surface area contributed by atoms with Gasteiger partial charge in [-0.15, -0.1) is 0 Å². The van der Waals surface area contributed by atoms with Crippen molar-refractivity contribution < 1.29 is 14.8 Å². The number of hydrogen-bond acceptors (Lipinski definition) is 5. The SMILES string of the molecule is CCN(c1c([N+](=O)[O-])c(C)nn1CC)C(C)CC(=O)O. The van der Waals surface area contributed by atoms with E-state index >= 15 is 0 Å². The van der Waals surface area contributed by atoms with E-state index in [1.807, 2.05) is 13.8 Å². The Morgan fingerprint density at radius 1 is 1.55 bits per heavy atom. The summed E-state index contributed by atoms with van der Waals surface area (Å²) in [5.41, 5.74) is 0.291. The topological polar surface area (TPSA) is 101 Å². The molecule has 0 aliphatic rings. The van der Waals surface area contributed by atoms with Gasteiger partial charge in [0.15, 0.2) is 0 Å². The highest BCUT2D eigenvalue weighted by Gasteiger charge is 2.31. The number of carboxylic acids is 1. The third-order valence-electron chi connectivity index (χ3n) is 3.17. The first-order valence-corrected chi connectivity index (χ1v) is 6.53. The fraction of sp³-hybridized carbons (Fsp3) is 0.667. The molecule has 1 N–H and O–H groups in total. The van der Waals surface area contributed by atoms with Crippen LogP contribution in [0.3, 0.4) is 0 Å². The summed E-state index contributed by atoms with van der Waals surface area (Å²) in [5.74, 6) is -0.552. The molecule has 0 aliphatic carbocycles. The second-order valence-electron chi connectivity index (χ2n) is 4.56. The van der Waals surface area contributed by atoms with Crippen molar-refractivity contribution in [3.05, 3.63) is 15.8 Å². The summed E-state index contributed by atoms with van der Waals surface area (Å²) in [6.07, 6.45) is -0.0844. The van der Waals surface area contributed by atoms with Gasteiger partial charge >= 0.3 is 11.7 Å². The van der Waals surface area contributed by atoms with Gasteiger partial charge in [0.05, 0.1) is 11.3 Å². The summed E-state index contributed by atoms with van der Waals surface area (Å²) in [5, 5.41) is 24.3. The maximum absolute atomic E-state index is 11.2. The van der Waals surface area contributed by atoms with Gasteiger partial charge in [-0.25, -0.2) is 4.68 Å². The van der Waals surface area contributed by atoms with E-state index < -0.39 is 10.9 Å². The van der Waals surface area contributed by atoms with Crippen LogP contribution in [-0.4, -0.2) is 38.4 Å². The molecular formula is C12H20N4O4. The molecule has 0 aromatic carbocycles. The molecule has 0 aliphatic heterocycles. The number of carbonyl (C=O) groups is 1. The van der Waals surface area contributed by atoms with Crippen LogP contribution in [0.25, 0.3) is 0 Å². The molecule has 0 saturated carbocycles. The largest absolute Gasteiger partial charge is 0.481 e. The van der Waals surface area contributed by atoms with Crippen molar-refractivity contribution in [3.8, 4) is 0 Å². The number of aryl methyl sites for hydroxylation is 2. The zero-order chi connectivity index (χ0) is 15.4. The average molecular weight is 284 g/mol. The first-order valence-electron chi connectivity index (χ1n) is 6.53. The number of aromatic nitrogens is 2. The highest BCUT2D eigenvalue weighted by molar-refractivity contribution is 5.69. The molecule has 112 valence electrons. The number of rotatable bonds is 7. The zero-order valence-corrected chi connectivity index (χ0v) is 12.2. The molecule has 1 heterocycles. The standard InChI is InChI=1S/C12H20N4O4/c1-5-14(8(3)7-10(17)18)12-11(16(19)20)9(4)13-15(12)6-2/h8H,5-7H2,1-4H3,(H,17,18). The number of hydrogen-bond donors (Lipinski definition) is 1. The van der Waals surface area contributed by atoms with E-state index in [-0.39, 0.29) is 18.2 Å². The molecule has 1 rings (SSSR count). The molecule has 20 heavy (non-hydrogen) atoms. The van der Waals surface area contributed by atoms with Crippen LogP contribution in [0.4, 0.5) is 11.5 Å². The predicted octanol–water partition coefficient (Wildman–Crippen LogP) is 1.81. The predicted molar refractivity (Wildman–Crippen MR) is 74.0 cm³/mol. The van der Waals surface area contributed by atoms with Crippen LogP contribution < -0.4 is 4.90 Å². The summed E-state index contributed by atoms with van der Waals surface area (Å²) >= 11 is 0. The minimum atomic E-state index is -0.933. The lowest BCUT2D eigenvalue weighted by atomic mass is 10.2. The number of nitro groups is 1. The van der Waals surface area contributed by atoms with E-state index in [0.717, 1.165) is 0 Å². The average Bonchev–Trinajstić information content (AvgIpc) is 2.66. The van der Waals surface area contributed by atoms with E-state index in [4.69, 9.17) is 5.11 Å². The van der Waals surface area contributed by atoms with Gasteiger partial charge in [0.2, 0.25) is 5.82 Å². The first kappa shape index (κ1) is 15.9. The van der Waals surface area contributed by atoms with Gasteiger partial charge < -0.3 is 10.0 Å². The molecule has 1 aromatic rings. The Morgan fingerprint density at radius 2 is 2.15 bits per heavy atom. The Kier molecular flexibility index (Phi) is 5.06. The van der Waals surface area contributed by atoms with E-state index in [0.29, 0.717) is 24.6 Å². The Morgan fingerprint density at radius 3 is 2.55 bits per heavy atom. The van der Waals surface area contributed by atoms with E-state index in [1.54, 1.807) is 23.4 Å². The molecule has 0 bridgehead atoms. The van der Waals surface area contributed by atoms with Crippen LogP contribution >= 0.6 is 0 Å². The minimum Gasteiger partial charge on any atom is -0.481 e. The summed E-state index contributed by atoms with van der Waals surface area (Å²) in [6, 6.07) is -0.349. The van der Waals surface area contributed by atoms with Crippen LogP contribution in [0.1, 0.15) is 32.9 Å². The van der Waals surface area contributed by atoms with Crippen molar-refractivity contribution in [1.82, 2.24) is 9.78 Å². The van der Waals surface area contributed by atoms with Gasteiger partial charge in [0.1, 0.15) is 5.69 Å². The zero-order valence-electron chi connectivity index (χ0n) is 12.2. The van der Waals surface area contributed by atoms with Crippen molar-refractivity contribution >= 4 is 17.5 Å². The monoisotopic (exact) mass is 284 g/mol. The molecule has 8 heteroatoms. The van der Waals surface area contributed by atoms with Crippen molar-refractivity contribution in [2.75, 3.05) is 11.4 Å². The third kappa shape index (κ3) is 3.06. The van der Waals surface area contributed by atoms with Crippen LogP contribution in [-0.2, 0) is 11.3 Å². The number of nitrogens with zero attached hydrogens (tertiary/aromatic N) is 4. The normalized spacial score (nSPS) is 12.2. The van der Waals surface area contributed by atoms with Gasteiger partial charge in [0, 0.05) is 19.1 Å². The highest BCUT2D eigenvalue weighted by atomic mass is 16.6. The molecule has 0 amide bonds. The smallest absolute Gasteiger partial charge is 0.333 e. The second-order valence-corrected chi connectivity index (χ2v) is 4.56. The van der Waals surface area contributed by atoms with Gasteiger partial charge in [-0.3, -0.25) is 14.9 Å². The highest BCUT2D eigenvalue weighted by Crippen LogP contribution is 2.33. The molecule has 8 nitrogen and oxygen atoms in total. The van der Waals surface area contributed by atoms with Crippen LogP contribution in [0.2, 0.25) is 0 Å². The van der Waals surface area contributed by atoms with E-state index in [2.05, 4.69) is 5.10 Å². The quantitative estimate of drug-likeness (QED) is 0.605. The van der Waals surface area contributed by atoms with Crippen LogP contribution in [0.15, 0.2) is 0 Å². The Bertz CT molecular complexity index is 512. The Labute approximate surface area is 117 Å². The van der Waals surface area contributed by atoms with Crippen molar-refractivity contribution in [1.29, 1.82) is 0 Å². The lowest BCUT2D eigenvalue weighted by Gasteiger charge is -2.28. The van der Waals surface area contributed by atoms with Gasteiger partial charge in [0.25, 0.3) is 0 Å². The maximum atomic E-state index is 11.2. The third-order valence-corrected chi connectivity index (χ3v) is 3.17. The molecule has 0 saturated heterocycles.